The second kappa shape index (κ2) is 6.02. The summed E-state index contributed by atoms with van der Waals surface area (Å²) in [5.41, 5.74) is 6.83. The van der Waals surface area contributed by atoms with Crippen LogP contribution in [-0.4, -0.2) is 35.1 Å². The molecule has 0 aromatic heterocycles. The molecule has 0 saturated heterocycles. The monoisotopic (exact) mass is 300 g/mol. The first-order valence-electron chi connectivity index (χ1n) is 5.44. The average Bonchev–Trinajstić information content (AvgIpc) is 2.28. The van der Waals surface area contributed by atoms with E-state index in [4.69, 9.17) is 10.8 Å². The Labute approximate surface area is 110 Å². The van der Waals surface area contributed by atoms with Gasteiger partial charge in [0.1, 0.15) is 0 Å². The van der Waals surface area contributed by atoms with Gasteiger partial charge in [-0.2, -0.15) is 0 Å². The van der Waals surface area contributed by atoms with Crippen molar-refractivity contribution in [2.24, 2.45) is 0 Å². The van der Waals surface area contributed by atoms with Gasteiger partial charge in [0, 0.05) is 28.3 Å². The number of anilines is 1. The third-order valence-corrected chi connectivity index (χ3v) is 3.16. The number of nitrogen functional groups attached to an aromatic ring is 1. The summed E-state index contributed by atoms with van der Waals surface area (Å²) in [5.74, 6) is -0.102. The first-order chi connectivity index (χ1) is 7.97. The van der Waals surface area contributed by atoms with E-state index in [9.17, 15) is 4.79 Å². The maximum atomic E-state index is 12.2. The summed E-state index contributed by atoms with van der Waals surface area (Å²) in [6.07, 6.45) is 0. The standard InChI is InChI=1S/C12H17BrN2O2/c1-8(2)15(5-6-16)12(17)9-3-4-11(14)10(13)7-9/h3-4,7-8,16H,5-6,14H2,1-2H3. The van der Waals surface area contributed by atoms with E-state index in [0.29, 0.717) is 22.3 Å². The minimum atomic E-state index is -0.102. The molecule has 0 aliphatic carbocycles. The van der Waals surface area contributed by atoms with E-state index in [1.165, 1.54) is 0 Å². The second-order valence-corrected chi connectivity index (χ2v) is 4.91. The molecule has 0 bridgehead atoms. The van der Waals surface area contributed by atoms with Crippen molar-refractivity contribution < 1.29 is 9.90 Å². The minimum absolute atomic E-state index is 0.0416. The Kier molecular flexibility index (Phi) is 4.96. The Balaban J connectivity index is 2.97. The van der Waals surface area contributed by atoms with Crippen LogP contribution >= 0.6 is 15.9 Å². The predicted octanol–water partition coefficient (Wildman–Crippen LogP) is 1.87. The Morgan fingerprint density at radius 1 is 1.53 bits per heavy atom. The van der Waals surface area contributed by atoms with E-state index in [-0.39, 0.29) is 18.6 Å². The number of halogens is 1. The molecule has 0 atom stereocenters. The first kappa shape index (κ1) is 14.0. The molecule has 94 valence electrons. The van der Waals surface area contributed by atoms with Gasteiger partial charge in [0.2, 0.25) is 0 Å². The molecule has 0 aliphatic heterocycles. The van der Waals surface area contributed by atoms with Crippen LogP contribution in [0.3, 0.4) is 0 Å². The van der Waals surface area contributed by atoms with E-state index in [1.54, 1.807) is 23.1 Å². The largest absolute Gasteiger partial charge is 0.398 e. The number of aliphatic hydroxyl groups excluding tert-OH is 1. The molecular weight excluding hydrogens is 284 g/mol. The summed E-state index contributed by atoms with van der Waals surface area (Å²) in [4.78, 5) is 13.8. The summed E-state index contributed by atoms with van der Waals surface area (Å²) >= 11 is 3.29. The zero-order valence-electron chi connectivity index (χ0n) is 9.98. The van der Waals surface area contributed by atoms with Gasteiger partial charge in [0.15, 0.2) is 0 Å². The van der Waals surface area contributed by atoms with Gasteiger partial charge in [-0.1, -0.05) is 0 Å². The van der Waals surface area contributed by atoms with Gasteiger partial charge in [-0.25, -0.2) is 0 Å². The van der Waals surface area contributed by atoms with Crippen LogP contribution in [0.4, 0.5) is 5.69 Å². The van der Waals surface area contributed by atoms with E-state index >= 15 is 0 Å². The lowest BCUT2D eigenvalue weighted by Gasteiger charge is -2.26. The third-order valence-electron chi connectivity index (χ3n) is 2.47. The van der Waals surface area contributed by atoms with Crippen molar-refractivity contribution in [1.82, 2.24) is 4.90 Å². The fourth-order valence-electron chi connectivity index (χ4n) is 1.53. The van der Waals surface area contributed by atoms with Crippen LogP contribution in [0.15, 0.2) is 22.7 Å². The highest BCUT2D eigenvalue weighted by molar-refractivity contribution is 9.10. The van der Waals surface area contributed by atoms with Gasteiger partial charge in [-0.15, -0.1) is 0 Å². The molecule has 1 rings (SSSR count). The lowest BCUT2D eigenvalue weighted by molar-refractivity contribution is 0.0665. The number of hydrogen-bond acceptors (Lipinski definition) is 3. The van der Waals surface area contributed by atoms with Crippen LogP contribution in [0.25, 0.3) is 0 Å². The number of hydrogen-bond donors (Lipinski definition) is 2. The van der Waals surface area contributed by atoms with Crippen molar-refractivity contribution in [2.45, 2.75) is 19.9 Å². The fraction of sp³-hybridized carbons (Fsp3) is 0.417. The van der Waals surface area contributed by atoms with Crippen LogP contribution in [0, 0.1) is 0 Å². The van der Waals surface area contributed by atoms with Gasteiger partial charge in [-0.05, 0) is 48.0 Å². The van der Waals surface area contributed by atoms with Crippen LogP contribution in [0.5, 0.6) is 0 Å². The summed E-state index contributed by atoms with van der Waals surface area (Å²) in [5, 5.41) is 8.96. The Bertz CT molecular complexity index is 407. The molecule has 17 heavy (non-hydrogen) atoms. The lowest BCUT2D eigenvalue weighted by Crippen LogP contribution is -2.39. The summed E-state index contributed by atoms with van der Waals surface area (Å²) in [6, 6.07) is 5.12. The zero-order chi connectivity index (χ0) is 13.0. The maximum Gasteiger partial charge on any atom is 0.254 e. The Morgan fingerprint density at radius 3 is 2.65 bits per heavy atom. The molecular formula is C12H17BrN2O2. The molecule has 0 radical (unpaired) electrons. The molecule has 4 nitrogen and oxygen atoms in total. The topological polar surface area (TPSA) is 66.6 Å². The minimum Gasteiger partial charge on any atom is -0.398 e. The zero-order valence-corrected chi connectivity index (χ0v) is 11.6. The smallest absolute Gasteiger partial charge is 0.254 e. The highest BCUT2D eigenvalue weighted by Crippen LogP contribution is 2.21. The highest BCUT2D eigenvalue weighted by Gasteiger charge is 2.18. The van der Waals surface area contributed by atoms with E-state index in [2.05, 4.69) is 15.9 Å². The first-order valence-corrected chi connectivity index (χ1v) is 6.23. The molecule has 1 aromatic carbocycles. The summed E-state index contributed by atoms with van der Waals surface area (Å²) in [6.45, 7) is 4.12. The quantitative estimate of drug-likeness (QED) is 0.834. The number of aliphatic hydroxyl groups is 1. The van der Waals surface area contributed by atoms with Gasteiger partial charge in [0.25, 0.3) is 5.91 Å². The van der Waals surface area contributed by atoms with Crippen molar-refractivity contribution in [1.29, 1.82) is 0 Å². The molecule has 1 aromatic rings. The molecule has 5 heteroatoms. The number of benzene rings is 1. The highest BCUT2D eigenvalue weighted by atomic mass is 79.9. The number of nitrogens with two attached hydrogens (primary N) is 1. The second-order valence-electron chi connectivity index (χ2n) is 4.05. The normalized spacial score (nSPS) is 10.6. The molecule has 0 fully saturated rings. The number of rotatable bonds is 4. The van der Waals surface area contributed by atoms with E-state index in [1.807, 2.05) is 13.8 Å². The Hall–Kier alpha value is -1.07. The molecule has 1 amide bonds. The summed E-state index contributed by atoms with van der Waals surface area (Å²) in [7, 11) is 0. The lowest BCUT2D eigenvalue weighted by atomic mass is 10.1. The van der Waals surface area contributed by atoms with Gasteiger partial charge < -0.3 is 15.7 Å². The SMILES string of the molecule is CC(C)N(CCO)C(=O)c1ccc(N)c(Br)c1. The Morgan fingerprint density at radius 2 is 2.18 bits per heavy atom. The average molecular weight is 301 g/mol. The van der Waals surface area contributed by atoms with Crippen molar-refractivity contribution in [3.63, 3.8) is 0 Å². The van der Waals surface area contributed by atoms with Crippen molar-refractivity contribution in [3.8, 4) is 0 Å². The van der Waals surface area contributed by atoms with E-state index in [0.717, 1.165) is 0 Å². The van der Waals surface area contributed by atoms with Gasteiger partial charge >= 0.3 is 0 Å². The molecule has 0 spiro atoms. The van der Waals surface area contributed by atoms with Crippen molar-refractivity contribution in [2.75, 3.05) is 18.9 Å². The van der Waals surface area contributed by atoms with Crippen LogP contribution in [0.2, 0.25) is 0 Å². The maximum absolute atomic E-state index is 12.2. The van der Waals surface area contributed by atoms with Gasteiger partial charge in [0.05, 0.1) is 6.61 Å². The molecule has 3 N–H and O–H groups in total. The molecule has 0 unspecified atom stereocenters. The number of carbonyl (C=O) groups excluding carboxylic acids is 1. The number of carbonyl (C=O) groups is 1. The van der Waals surface area contributed by atoms with Crippen molar-refractivity contribution >= 4 is 27.5 Å². The molecule has 0 saturated carbocycles. The van der Waals surface area contributed by atoms with Gasteiger partial charge in [-0.3, -0.25) is 4.79 Å². The van der Waals surface area contributed by atoms with Crippen LogP contribution in [0.1, 0.15) is 24.2 Å². The number of amides is 1. The predicted molar refractivity (Wildman–Crippen MR) is 71.8 cm³/mol. The fourth-order valence-corrected chi connectivity index (χ4v) is 1.91. The van der Waals surface area contributed by atoms with Crippen LogP contribution < -0.4 is 5.73 Å². The number of nitrogens with zero attached hydrogens (tertiary/aromatic N) is 1. The third kappa shape index (κ3) is 3.44. The molecule has 0 heterocycles. The van der Waals surface area contributed by atoms with E-state index < -0.39 is 0 Å². The van der Waals surface area contributed by atoms with Crippen molar-refractivity contribution in [3.05, 3.63) is 28.2 Å². The van der Waals surface area contributed by atoms with Crippen LogP contribution in [-0.2, 0) is 0 Å². The molecule has 0 aliphatic rings. The summed E-state index contributed by atoms with van der Waals surface area (Å²) < 4.78 is 0.705.